The molecule has 0 aromatic rings. The van der Waals surface area contributed by atoms with Gasteiger partial charge in [-0.05, 0) is 19.3 Å². The normalized spacial score (nSPS) is 58.0. The first-order chi connectivity index (χ1) is 6.73. The fourth-order valence-corrected chi connectivity index (χ4v) is 4.94. The highest BCUT2D eigenvalue weighted by molar-refractivity contribution is 5.88. The average molecular weight is 190 g/mol. The summed E-state index contributed by atoms with van der Waals surface area (Å²) >= 11 is 0. The second-order valence-electron chi connectivity index (χ2n) is 5.36. The van der Waals surface area contributed by atoms with Crippen LogP contribution < -0.4 is 0 Å². The number of carbonyl (C=O) groups is 1. The predicted octanol–water partition coefficient (Wildman–Crippen LogP) is 2.05. The summed E-state index contributed by atoms with van der Waals surface area (Å²) in [4.78, 5) is 11.9. The molecule has 2 heteroatoms. The summed E-state index contributed by atoms with van der Waals surface area (Å²) in [5, 5.41) is 0. The standard InChI is InChI=1S/C12H14O2/c1-7-8-6-9-11(7)4-2-3-5-12(8,11)10(13)14-9/h8-9H,1-6H2/t8?,9-,11?,12-/m0/s1. The summed E-state index contributed by atoms with van der Waals surface area (Å²) in [6.07, 6.45) is 5.94. The summed E-state index contributed by atoms with van der Waals surface area (Å²) < 4.78 is 5.51. The second-order valence-corrected chi connectivity index (χ2v) is 5.36. The maximum Gasteiger partial charge on any atom is 0.314 e. The van der Waals surface area contributed by atoms with Gasteiger partial charge in [-0.25, -0.2) is 0 Å². The zero-order chi connectivity index (χ0) is 9.55. The number of carbonyl (C=O) groups excluding carboxylic acids is 1. The molecule has 1 heterocycles. The van der Waals surface area contributed by atoms with Gasteiger partial charge in [0.05, 0.1) is 5.41 Å². The quantitative estimate of drug-likeness (QED) is 0.431. The maximum atomic E-state index is 11.9. The molecule has 74 valence electrons. The van der Waals surface area contributed by atoms with Crippen LogP contribution in [-0.4, -0.2) is 12.1 Å². The summed E-state index contributed by atoms with van der Waals surface area (Å²) in [6, 6.07) is 0. The Morgan fingerprint density at radius 3 is 2.71 bits per heavy atom. The molecule has 1 spiro atoms. The van der Waals surface area contributed by atoms with Crippen molar-refractivity contribution in [2.24, 2.45) is 16.7 Å². The van der Waals surface area contributed by atoms with E-state index in [0.717, 1.165) is 19.3 Å². The lowest BCUT2D eigenvalue weighted by Crippen LogP contribution is -2.58. The molecule has 0 aromatic heterocycles. The van der Waals surface area contributed by atoms with E-state index in [1.165, 1.54) is 18.4 Å². The maximum absolute atomic E-state index is 11.9. The van der Waals surface area contributed by atoms with Gasteiger partial charge in [-0.2, -0.15) is 0 Å². The Hall–Kier alpha value is -0.790. The van der Waals surface area contributed by atoms with Gasteiger partial charge < -0.3 is 4.74 Å². The van der Waals surface area contributed by atoms with Crippen molar-refractivity contribution < 1.29 is 9.53 Å². The molecule has 14 heavy (non-hydrogen) atoms. The fraction of sp³-hybridized carbons (Fsp3) is 0.750. The van der Waals surface area contributed by atoms with Crippen molar-refractivity contribution in [2.45, 2.75) is 38.2 Å². The van der Waals surface area contributed by atoms with Gasteiger partial charge in [-0.15, -0.1) is 0 Å². The van der Waals surface area contributed by atoms with Crippen LogP contribution in [0.4, 0.5) is 0 Å². The Bertz CT molecular complexity index is 357. The number of hydrogen-bond acceptors (Lipinski definition) is 2. The molecular weight excluding hydrogens is 176 g/mol. The predicted molar refractivity (Wildman–Crippen MR) is 50.5 cm³/mol. The van der Waals surface area contributed by atoms with Gasteiger partial charge >= 0.3 is 5.97 Å². The van der Waals surface area contributed by atoms with Crippen molar-refractivity contribution in [3.8, 4) is 0 Å². The van der Waals surface area contributed by atoms with E-state index < -0.39 is 0 Å². The van der Waals surface area contributed by atoms with Crippen LogP contribution in [0.15, 0.2) is 12.2 Å². The van der Waals surface area contributed by atoms with Crippen LogP contribution in [0.25, 0.3) is 0 Å². The van der Waals surface area contributed by atoms with E-state index in [9.17, 15) is 4.79 Å². The summed E-state index contributed by atoms with van der Waals surface area (Å²) in [6.45, 7) is 4.20. The highest BCUT2D eigenvalue weighted by Crippen LogP contribution is 2.82. The lowest BCUT2D eigenvalue weighted by molar-refractivity contribution is -0.161. The van der Waals surface area contributed by atoms with Crippen LogP contribution in [-0.2, 0) is 9.53 Å². The molecule has 4 saturated carbocycles. The molecule has 0 amide bonds. The molecular formula is C12H14O2. The second kappa shape index (κ2) is 1.80. The molecule has 5 rings (SSSR count). The number of rotatable bonds is 0. The third-order valence-electron chi connectivity index (χ3n) is 5.39. The van der Waals surface area contributed by atoms with Crippen molar-refractivity contribution in [3.63, 3.8) is 0 Å². The largest absolute Gasteiger partial charge is 0.461 e. The molecule has 1 aliphatic heterocycles. The van der Waals surface area contributed by atoms with Crippen LogP contribution in [0.3, 0.4) is 0 Å². The summed E-state index contributed by atoms with van der Waals surface area (Å²) in [7, 11) is 0. The molecule has 0 radical (unpaired) electrons. The topological polar surface area (TPSA) is 26.3 Å². The SMILES string of the molecule is C=C1C2C[C@@H]3OC(=O)[C@]24CCCCC134. The van der Waals surface area contributed by atoms with Gasteiger partial charge in [0.15, 0.2) is 0 Å². The minimum Gasteiger partial charge on any atom is -0.461 e. The zero-order valence-corrected chi connectivity index (χ0v) is 8.21. The van der Waals surface area contributed by atoms with E-state index in [4.69, 9.17) is 4.74 Å². The molecule has 0 aromatic carbocycles. The van der Waals surface area contributed by atoms with Crippen molar-refractivity contribution in [2.75, 3.05) is 0 Å². The highest BCUT2D eigenvalue weighted by Gasteiger charge is 2.85. The van der Waals surface area contributed by atoms with Gasteiger partial charge in [-0.3, -0.25) is 4.79 Å². The molecule has 4 atom stereocenters. The number of hydrogen-bond donors (Lipinski definition) is 0. The molecule has 5 aliphatic rings. The Morgan fingerprint density at radius 1 is 1.29 bits per heavy atom. The molecule has 4 aliphatic carbocycles. The van der Waals surface area contributed by atoms with E-state index in [1.54, 1.807) is 0 Å². The summed E-state index contributed by atoms with van der Waals surface area (Å²) in [5.41, 5.74) is 1.35. The van der Waals surface area contributed by atoms with E-state index in [1.807, 2.05) is 0 Å². The third kappa shape index (κ3) is 0.413. The molecule has 5 fully saturated rings. The molecule has 0 N–H and O–H groups in total. The number of ether oxygens (including phenoxy) is 1. The molecule has 4 bridgehead atoms. The van der Waals surface area contributed by atoms with E-state index in [-0.39, 0.29) is 22.9 Å². The lowest BCUT2D eigenvalue weighted by atomic mass is 9.42. The van der Waals surface area contributed by atoms with Crippen molar-refractivity contribution >= 4 is 5.97 Å². The van der Waals surface area contributed by atoms with Gasteiger partial charge in [-0.1, -0.05) is 25.0 Å². The smallest absolute Gasteiger partial charge is 0.314 e. The van der Waals surface area contributed by atoms with E-state index in [0.29, 0.717) is 5.92 Å². The first-order valence-electron chi connectivity index (χ1n) is 5.64. The third-order valence-corrected chi connectivity index (χ3v) is 5.39. The average Bonchev–Trinajstić information content (AvgIpc) is 2.72. The van der Waals surface area contributed by atoms with E-state index in [2.05, 4.69) is 6.58 Å². The Balaban J connectivity index is 1.98. The van der Waals surface area contributed by atoms with Crippen molar-refractivity contribution in [1.29, 1.82) is 0 Å². The fourth-order valence-electron chi connectivity index (χ4n) is 4.94. The minimum atomic E-state index is -0.0903. The van der Waals surface area contributed by atoms with Crippen LogP contribution >= 0.6 is 0 Å². The van der Waals surface area contributed by atoms with Crippen LogP contribution in [0, 0.1) is 16.7 Å². The van der Waals surface area contributed by atoms with Gasteiger partial charge in [0.25, 0.3) is 0 Å². The van der Waals surface area contributed by atoms with E-state index >= 15 is 0 Å². The Labute approximate surface area is 83.3 Å². The molecule has 2 unspecified atom stereocenters. The van der Waals surface area contributed by atoms with Crippen molar-refractivity contribution in [3.05, 3.63) is 12.2 Å². The zero-order valence-electron chi connectivity index (χ0n) is 8.21. The first kappa shape index (κ1) is 7.49. The Kier molecular flexibility index (Phi) is 0.963. The number of esters is 1. The van der Waals surface area contributed by atoms with Crippen LogP contribution in [0.1, 0.15) is 32.1 Å². The highest BCUT2D eigenvalue weighted by atomic mass is 16.6. The van der Waals surface area contributed by atoms with Gasteiger partial charge in [0.2, 0.25) is 0 Å². The molecule has 1 saturated heterocycles. The monoisotopic (exact) mass is 190 g/mol. The van der Waals surface area contributed by atoms with Gasteiger partial charge in [0, 0.05) is 11.3 Å². The first-order valence-corrected chi connectivity index (χ1v) is 5.64. The van der Waals surface area contributed by atoms with Gasteiger partial charge in [0.1, 0.15) is 6.10 Å². The van der Waals surface area contributed by atoms with Crippen LogP contribution in [0.2, 0.25) is 0 Å². The molecule has 2 nitrogen and oxygen atoms in total. The van der Waals surface area contributed by atoms with Crippen molar-refractivity contribution in [1.82, 2.24) is 0 Å². The summed E-state index contributed by atoms with van der Waals surface area (Å²) in [5.74, 6) is 0.583. The lowest BCUT2D eigenvalue weighted by Gasteiger charge is -2.57. The van der Waals surface area contributed by atoms with Crippen LogP contribution in [0.5, 0.6) is 0 Å². The minimum absolute atomic E-state index is 0.0903. The Morgan fingerprint density at radius 2 is 2.00 bits per heavy atom.